The van der Waals surface area contributed by atoms with Gasteiger partial charge in [0.1, 0.15) is 0 Å². The van der Waals surface area contributed by atoms with Gasteiger partial charge in [-0.1, -0.05) is 0 Å². The van der Waals surface area contributed by atoms with Gasteiger partial charge in [0.25, 0.3) is 0 Å². The van der Waals surface area contributed by atoms with E-state index >= 15 is 0 Å². The molecule has 1 saturated heterocycles. The molecule has 1 N–H and O–H groups in total. The average Bonchev–Trinajstić information content (AvgIpc) is 2.72. The van der Waals surface area contributed by atoms with E-state index in [1.165, 1.54) is 0 Å². The van der Waals surface area contributed by atoms with Crippen LogP contribution in [-0.2, 0) is 0 Å². The van der Waals surface area contributed by atoms with Crippen LogP contribution in [0.15, 0.2) is 11.6 Å². The van der Waals surface area contributed by atoms with Crippen LogP contribution in [0.4, 0.5) is 5.13 Å². The zero-order valence-electron chi connectivity index (χ0n) is 8.09. The van der Waals surface area contributed by atoms with Gasteiger partial charge in [0, 0.05) is 44.3 Å². The number of rotatable bonds is 3. The third kappa shape index (κ3) is 2.23. The highest BCUT2D eigenvalue weighted by Gasteiger charge is 2.17. The van der Waals surface area contributed by atoms with Crippen LogP contribution in [0.2, 0.25) is 0 Å². The number of aromatic nitrogens is 1. The number of piperazine rings is 1. The van der Waals surface area contributed by atoms with Crippen molar-refractivity contribution in [1.29, 1.82) is 0 Å². The largest absolute Gasteiger partial charge is 0.395 e. The Labute approximate surface area is 87.8 Å². The van der Waals surface area contributed by atoms with Crippen LogP contribution in [0.5, 0.6) is 0 Å². The second kappa shape index (κ2) is 4.72. The highest BCUT2D eigenvalue weighted by Crippen LogP contribution is 2.18. The first-order valence-electron chi connectivity index (χ1n) is 4.88. The molecule has 0 aliphatic carbocycles. The topological polar surface area (TPSA) is 39.6 Å². The molecular formula is C9H15N3OS. The molecule has 0 aromatic carbocycles. The zero-order chi connectivity index (χ0) is 9.80. The van der Waals surface area contributed by atoms with Crippen LogP contribution in [0.25, 0.3) is 0 Å². The molecule has 2 rings (SSSR count). The molecule has 1 aliphatic rings. The minimum Gasteiger partial charge on any atom is -0.395 e. The molecule has 0 saturated carbocycles. The summed E-state index contributed by atoms with van der Waals surface area (Å²) < 4.78 is 0. The third-order valence-electron chi connectivity index (χ3n) is 2.48. The van der Waals surface area contributed by atoms with Gasteiger partial charge < -0.3 is 10.0 Å². The van der Waals surface area contributed by atoms with Crippen molar-refractivity contribution >= 4 is 16.5 Å². The number of hydrogen-bond donors (Lipinski definition) is 1. The predicted molar refractivity (Wildman–Crippen MR) is 57.9 cm³/mol. The first kappa shape index (κ1) is 9.89. The summed E-state index contributed by atoms with van der Waals surface area (Å²) in [6.45, 7) is 5.16. The Bertz CT molecular complexity index is 257. The summed E-state index contributed by atoms with van der Waals surface area (Å²) in [5.74, 6) is 0. The fourth-order valence-corrected chi connectivity index (χ4v) is 2.37. The summed E-state index contributed by atoms with van der Waals surface area (Å²) in [6.07, 6.45) is 1.85. The van der Waals surface area contributed by atoms with Gasteiger partial charge in [0.15, 0.2) is 5.13 Å². The van der Waals surface area contributed by atoms with Gasteiger partial charge in [-0.2, -0.15) is 0 Å². The highest BCUT2D eigenvalue weighted by molar-refractivity contribution is 7.13. The normalized spacial score (nSPS) is 18.8. The zero-order valence-corrected chi connectivity index (χ0v) is 8.91. The van der Waals surface area contributed by atoms with E-state index in [9.17, 15) is 0 Å². The average molecular weight is 213 g/mol. The van der Waals surface area contributed by atoms with Crippen LogP contribution in [-0.4, -0.2) is 54.3 Å². The Morgan fingerprint density at radius 2 is 2.14 bits per heavy atom. The molecule has 0 spiro atoms. The summed E-state index contributed by atoms with van der Waals surface area (Å²) in [4.78, 5) is 8.87. The van der Waals surface area contributed by atoms with Gasteiger partial charge in [0.05, 0.1) is 6.61 Å². The van der Waals surface area contributed by atoms with E-state index < -0.39 is 0 Å². The molecule has 2 heterocycles. The van der Waals surface area contributed by atoms with Crippen molar-refractivity contribution in [2.45, 2.75) is 0 Å². The Hall–Kier alpha value is -0.650. The lowest BCUT2D eigenvalue weighted by Crippen LogP contribution is -2.47. The number of anilines is 1. The molecule has 0 radical (unpaired) electrons. The SMILES string of the molecule is OCCN1CCN(c2nccs2)CC1. The van der Waals surface area contributed by atoms with Crippen molar-refractivity contribution < 1.29 is 5.11 Å². The van der Waals surface area contributed by atoms with Crippen LogP contribution >= 0.6 is 11.3 Å². The summed E-state index contributed by atoms with van der Waals surface area (Å²) in [6, 6.07) is 0. The van der Waals surface area contributed by atoms with E-state index in [1.807, 2.05) is 11.6 Å². The fourth-order valence-electron chi connectivity index (χ4n) is 1.68. The summed E-state index contributed by atoms with van der Waals surface area (Å²) >= 11 is 1.69. The Kier molecular flexibility index (Phi) is 3.34. The van der Waals surface area contributed by atoms with Crippen molar-refractivity contribution in [1.82, 2.24) is 9.88 Å². The molecule has 4 nitrogen and oxygen atoms in total. The van der Waals surface area contributed by atoms with Crippen LogP contribution in [0.3, 0.4) is 0 Å². The van der Waals surface area contributed by atoms with E-state index in [0.717, 1.165) is 37.9 Å². The molecular weight excluding hydrogens is 198 g/mol. The number of hydrogen-bond acceptors (Lipinski definition) is 5. The Morgan fingerprint density at radius 3 is 2.71 bits per heavy atom. The van der Waals surface area contributed by atoms with Gasteiger partial charge in [0.2, 0.25) is 0 Å². The lowest BCUT2D eigenvalue weighted by Gasteiger charge is -2.34. The maximum absolute atomic E-state index is 8.80. The molecule has 78 valence electrons. The summed E-state index contributed by atoms with van der Waals surface area (Å²) in [7, 11) is 0. The molecule has 1 fully saturated rings. The molecule has 5 heteroatoms. The number of thiazole rings is 1. The van der Waals surface area contributed by atoms with Gasteiger partial charge in [-0.05, 0) is 0 Å². The van der Waals surface area contributed by atoms with Gasteiger partial charge in [-0.3, -0.25) is 4.90 Å². The standard InChI is InChI=1S/C9H15N3OS/c13-7-6-11-2-4-12(5-3-11)9-10-1-8-14-9/h1,8,13H,2-7H2. The number of aliphatic hydroxyl groups is 1. The fraction of sp³-hybridized carbons (Fsp3) is 0.667. The molecule has 1 aliphatic heterocycles. The van der Waals surface area contributed by atoms with Crippen molar-refractivity contribution in [2.75, 3.05) is 44.2 Å². The first-order chi connectivity index (χ1) is 6.90. The van der Waals surface area contributed by atoms with Gasteiger partial charge in [-0.25, -0.2) is 4.98 Å². The molecule has 14 heavy (non-hydrogen) atoms. The second-order valence-electron chi connectivity index (χ2n) is 3.37. The predicted octanol–water partition coefficient (Wildman–Crippen LogP) is 0.257. The van der Waals surface area contributed by atoms with E-state index in [-0.39, 0.29) is 6.61 Å². The lowest BCUT2D eigenvalue weighted by molar-refractivity contribution is 0.189. The monoisotopic (exact) mass is 213 g/mol. The minimum atomic E-state index is 0.261. The van der Waals surface area contributed by atoms with E-state index in [1.54, 1.807) is 11.3 Å². The number of nitrogens with zero attached hydrogens (tertiary/aromatic N) is 3. The van der Waals surface area contributed by atoms with Gasteiger partial charge >= 0.3 is 0 Å². The molecule has 0 atom stereocenters. The second-order valence-corrected chi connectivity index (χ2v) is 4.24. The van der Waals surface area contributed by atoms with Crippen LogP contribution < -0.4 is 4.90 Å². The van der Waals surface area contributed by atoms with E-state index in [2.05, 4.69) is 14.8 Å². The minimum absolute atomic E-state index is 0.261. The number of β-amino-alcohol motifs (C(OH)–C–C–N with tert-alkyl or cyclic N) is 1. The Morgan fingerprint density at radius 1 is 1.36 bits per heavy atom. The summed E-state index contributed by atoms with van der Waals surface area (Å²) in [5.41, 5.74) is 0. The summed E-state index contributed by atoms with van der Waals surface area (Å²) in [5, 5.41) is 11.9. The molecule has 0 bridgehead atoms. The molecule has 1 aromatic rings. The van der Waals surface area contributed by atoms with Gasteiger partial charge in [-0.15, -0.1) is 11.3 Å². The van der Waals surface area contributed by atoms with E-state index in [4.69, 9.17) is 5.11 Å². The first-order valence-corrected chi connectivity index (χ1v) is 5.76. The van der Waals surface area contributed by atoms with Crippen LogP contribution in [0, 0.1) is 0 Å². The van der Waals surface area contributed by atoms with Crippen molar-refractivity contribution in [3.05, 3.63) is 11.6 Å². The smallest absolute Gasteiger partial charge is 0.185 e. The maximum Gasteiger partial charge on any atom is 0.185 e. The van der Waals surface area contributed by atoms with E-state index in [0.29, 0.717) is 0 Å². The quantitative estimate of drug-likeness (QED) is 0.781. The molecule has 0 unspecified atom stereocenters. The lowest BCUT2D eigenvalue weighted by atomic mass is 10.3. The third-order valence-corrected chi connectivity index (χ3v) is 3.31. The molecule has 0 amide bonds. The van der Waals surface area contributed by atoms with Crippen molar-refractivity contribution in [2.24, 2.45) is 0 Å². The van der Waals surface area contributed by atoms with Crippen molar-refractivity contribution in [3.63, 3.8) is 0 Å². The van der Waals surface area contributed by atoms with Crippen molar-refractivity contribution in [3.8, 4) is 0 Å². The maximum atomic E-state index is 8.80. The molecule has 1 aromatic heterocycles. The Balaban J connectivity index is 1.84. The highest BCUT2D eigenvalue weighted by atomic mass is 32.1. The number of aliphatic hydroxyl groups excluding tert-OH is 1. The van der Waals surface area contributed by atoms with Crippen LogP contribution in [0.1, 0.15) is 0 Å².